The highest BCUT2D eigenvalue weighted by atomic mass is 16.7. The van der Waals surface area contributed by atoms with Crippen LogP contribution in [0.25, 0.3) is 0 Å². The smallest absolute Gasteiger partial charge is 0.246 e. The van der Waals surface area contributed by atoms with Crippen LogP contribution in [0, 0.1) is 5.92 Å². The lowest BCUT2D eigenvalue weighted by atomic mass is 9.86. The third-order valence-electron chi connectivity index (χ3n) is 20.6. The van der Waals surface area contributed by atoms with Crippen molar-refractivity contribution in [1.82, 2.24) is 57.7 Å². The molecule has 4 saturated heterocycles. The molecule has 21 atom stereocenters. The van der Waals surface area contributed by atoms with Gasteiger partial charge in [-0.15, -0.1) is 0 Å². The second-order valence-electron chi connectivity index (χ2n) is 32.3. The summed E-state index contributed by atoms with van der Waals surface area (Å²) in [5.41, 5.74) is -0.509. The summed E-state index contributed by atoms with van der Waals surface area (Å²) in [4.78, 5) is 149. The van der Waals surface area contributed by atoms with Crippen molar-refractivity contribution in [2.75, 3.05) is 211 Å². The lowest BCUT2D eigenvalue weighted by molar-refractivity contribution is -0.272. The van der Waals surface area contributed by atoms with E-state index in [0.717, 1.165) is 9.80 Å². The number of amides is 11. The van der Waals surface area contributed by atoms with Crippen LogP contribution in [-0.2, 0) is 133 Å². The van der Waals surface area contributed by atoms with E-state index in [9.17, 15) is 109 Å². The van der Waals surface area contributed by atoms with Gasteiger partial charge in [-0.05, 0) is 52.9 Å². The van der Waals surface area contributed by atoms with Gasteiger partial charge >= 0.3 is 0 Å². The van der Waals surface area contributed by atoms with E-state index in [0.29, 0.717) is 25.7 Å². The predicted molar refractivity (Wildman–Crippen MR) is 445 cm³/mol. The van der Waals surface area contributed by atoms with E-state index >= 15 is 4.79 Å². The number of hydrogen-bond acceptors (Lipinski definition) is 40. The van der Waals surface area contributed by atoms with E-state index in [-0.39, 0.29) is 164 Å². The fraction of sp³-hybridized carbons (Fsp3) is 0.863. The molecule has 11 amide bonds. The maximum absolute atomic E-state index is 15.3. The molecule has 0 aromatic rings. The van der Waals surface area contributed by atoms with Crippen LogP contribution in [0.2, 0.25) is 0 Å². The Hall–Kier alpha value is -6.99. The van der Waals surface area contributed by atoms with Crippen molar-refractivity contribution >= 4 is 65.0 Å². The summed E-state index contributed by atoms with van der Waals surface area (Å²) in [6.07, 6.45) is -21.9. The summed E-state index contributed by atoms with van der Waals surface area (Å²) in [7, 11) is 0. The van der Waals surface area contributed by atoms with E-state index in [1.54, 1.807) is 0 Å². The summed E-state index contributed by atoms with van der Waals surface area (Å²) in [6, 6.07) is -6.36. The summed E-state index contributed by atoms with van der Waals surface area (Å²) in [5.74, 6) is -8.51. The second-order valence-corrected chi connectivity index (χ2v) is 32.3. The molecule has 5 aliphatic rings. The SMILES string of the molecule is CC(=O)NC1C(OCCOCCOCCNC(=O)CN(CC(=O)NCCOCCOCCOC2OC(CO)C(O)C(O)C2NC(C)=O)C(=O)CCC(NC(=O)C2CCC(OC(C)(C)C)CC2)C(=O)N(CC(=O)NCCOCCOCCOC2OC(CO)C(O)C(O)C2NC(C)=O)CC(=O)NCCOCCOCCOC2OC(CO)C(O)C(O)C2NC(C)=O)OC(CO)C(O)C1O. The number of aliphatic hydroxyl groups is 12. The summed E-state index contributed by atoms with van der Waals surface area (Å²) in [6.45, 7) is 3.15. The summed E-state index contributed by atoms with van der Waals surface area (Å²) in [5, 5.41) is 145. The van der Waals surface area contributed by atoms with Crippen LogP contribution in [0.15, 0.2) is 0 Å². The number of carbonyl (C=O) groups excluding carboxylic acids is 11. The molecule has 1 saturated carbocycles. The van der Waals surface area contributed by atoms with Crippen LogP contribution < -0.4 is 47.9 Å². The second kappa shape index (κ2) is 62.6. The minimum atomic E-state index is -1.66. The highest BCUT2D eigenvalue weighted by Crippen LogP contribution is 2.31. The van der Waals surface area contributed by atoms with E-state index in [4.69, 9.17) is 80.5 Å². The van der Waals surface area contributed by atoms with Gasteiger partial charge in [-0.2, -0.15) is 0 Å². The van der Waals surface area contributed by atoms with Gasteiger partial charge in [0.1, 0.15) is 130 Å². The highest BCUT2D eigenvalue weighted by Gasteiger charge is 2.50. The van der Waals surface area contributed by atoms with E-state index in [1.807, 2.05) is 20.8 Å². The van der Waals surface area contributed by atoms with Gasteiger partial charge in [-0.1, -0.05) is 0 Å². The van der Waals surface area contributed by atoms with E-state index < -0.39 is 271 Å². The predicted octanol–water partition coefficient (Wildman–Crippen LogP) is -12.3. The van der Waals surface area contributed by atoms with Gasteiger partial charge in [0.25, 0.3) is 0 Å². The van der Waals surface area contributed by atoms with Crippen molar-refractivity contribution in [2.45, 2.75) is 227 Å². The van der Waals surface area contributed by atoms with Gasteiger partial charge in [0.15, 0.2) is 25.2 Å². The van der Waals surface area contributed by atoms with Gasteiger partial charge in [0.05, 0.1) is 170 Å². The lowest BCUT2D eigenvalue weighted by Crippen LogP contribution is -2.64. The molecule has 0 bridgehead atoms. The molecule has 131 heavy (non-hydrogen) atoms. The number of rotatable bonds is 63. The molecule has 4 aliphatic heterocycles. The zero-order valence-electron chi connectivity index (χ0n) is 75.3. The Morgan fingerprint density at radius 2 is 0.603 bits per heavy atom. The molecule has 5 rings (SSSR count). The Balaban J connectivity index is 1.26. The standard InChI is InChI=1S/C80H141N11O40/c1-46(96)85-62-70(109)66(105)53(42-92)127-76(62)123-34-30-119-26-22-115-18-14-81-57(100)38-90(39-58(101)82-15-19-116-23-27-120-31-35-124-77-63(86-47(2)97)71(110)67(106)54(43-93)128-77)61(104)13-12-52(89-74(113)50-8-10-51(11-9-50)131-80(5,6)7)75(114)91(40-59(102)83-16-20-117-24-28-121-32-36-125-78-64(87-48(3)98)72(111)68(107)55(44-94)129-78)41-60(103)84-17-21-118-25-29-122-33-37-126-79-65(88-49(4)99)73(112)69(108)56(45-95)130-79/h50-56,62-73,76-79,92-95,105-112H,8-45H2,1-7H3,(H,81,100)(H,82,101)(H,83,102)(H,84,103)(H,85,96)(H,86,97)(H,87,98)(H,88,99)(H,89,113). The van der Waals surface area contributed by atoms with Crippen molar-refractivity contribution in [1.29, 1.82) is 0 Å². The highest BCUT2D eigenvalue weighted by molar-refractivity contribution is 5.95. The summed E-state index contributed by atoms with van der Waals surface area (Å²) >= 11 is 0. The van der Waals surface area contributed by atoms with Gasteiger partial charge < -0.3 is 199 Å². The molecule has 0 radical (unpaired) electrons. The van der Waals surface area contributed by atoms with Crippen LogP contribution in [0.1, 0.15) is 87.0 Å². The van der Waals surface area contributed by atoms with Crippen molar-refractivity contribution in [2.24, 2.45) is 5.92 Å². The molecular weight excluding hydrogens is 1750 g/mol. The summed E-state index contributed by atoms with van der Waals surface area (Å²) < 4.78 is 95.9. The number of nitrogens with zero attached hydrogens (tertiary/aromatic N) is 2. The van der Waals surface area contributed by atoms with Gasteiger partial charge in [0.2, 0.25) is 65.0 Å². The molecule has 1 aliphatic carbocycles. The average Bonchev–Trinajstić information content (AvgIpc) is 0.822. The molecule has 51 nitrogen and oxygen atoms in total. The lowest BCUT2D eigenvalue weighted by Gasteiger charge is -2.42. The number of nitrogens with one attached hydrogen (secondary N) is 9. The number of hydrogen-bond donors (Lipinski definition) is 21. The Morgan fingerprint density at radius 3 is 0.855 bits per heavy atom. The zero-order chi connectivity index (χ0) is 96.5. The quantitative estimate of drug-likeness (QED) is 0.0251. The van der Waals surface area contributed by atoms with Crippen LogP contribution in [0.5, 0.6) is 0 Å². The zero-order valence-corrected chi connectivity index (χ0v) is 75.3. The Kier molecular flexibility index (Phi) is 54.7. The molecule has 0 aromatic heterocycles. The van der Waals surface area contributed by atoms with Crippen molar-refractivity contribution in [3.63, 3.8) is 0 Å². The molecule has 51 heteroatoms. The first kappa shape index (κ1) is 115. The Bertz CT molecular complexity index is 3190. The van der Waals surface area contributed by atoms with Gasteiger partial charge in [-0.25, -0.2) is 0 Å². The minimum Gasteiger partial charge on any atom is -0.394 e. The fourth-order valence-corrected chi connectivity index (χ4v) is 14.2. The Morgan fingerprint density at radius 1 is 0.351 bits per heavy atom. The number of aliphatic hydroxyl groups excluding tert-OH is 12. The fourth-order valence-electron chi connectivity index (χ4n) is 14.2. The Labute approximate surface area is 758 Å². The average molecular weight is 1900 g/mol. The van der Waals surface area contributed by atoms with E-state index in [2.05, 4.69) is 47.9 Å². The molecule has 756 valence electrons. The van der Waals surface area contributed by atoms with Gasteiger partial charge in [0, 0.05) is 66.2 Å². The normalized spacial score (nSPS) is 27.6. The maximum Gasteiger partial charge on any atom is 0.246 e. The third-order valence-corrected chi connectivity index (χ3v) is 20.6. The van der Waals surface area contributed by atoms with Crippen molar-refractivity contribution in [3.8, 4) is 0 Å². The monoisotopic (exact) mass is 1900 g/mol. The molecule has 0 spiro atoms. The molecule has 21 N–H and O–H groups in total. The van der Waals surface area contributed by atoms with Crippen LogP contribution in [0.4, 0.5) is 0 Å². The molecule has 21 unspecified atom stereocenters. The first-order valence-corrected chi connectivity index (χ1v) is 43.8. The number of carbonyl (C=O) groups is 11. The molecule has 4 heterocycles. The van der Waals surface area contributed by atoms with Crippen molar-refractivity contribution in [3.05, 3.63) is 0 Å². The molecule has 5 fully saturated rings. The van der Waals surface area contributed by atoms with Gasteiger partial charge in [-0.3, -0.25) is 52.7 Å². The van der Waals surface area contributed by atoms with Crippen LogP contribution >= 0.6 is 0 Å². The first-order valence-electron chi connectivity index (χ1n) is 43.8. The van der Waals surface area contributed by atoms with Crippen LogP contribution in [-0.4, -0.2) is 487 Å². The van der Waals surface area contributed by atoms with Crippen molar-refractivity contribution < 1.29 is 195 Å². The van der Waals surface area contributed by atoms with Crippen LogP contribution in [0.3, 0.4) is 0 Å². The largest absolute Gasteiger partial charge is 0.394 e. The molecule has 0 aromatic carbocycles. The van der Waals surface area contributed by atoms with E-state index in [1.165, 1.54) is 27.7 Å². The first-order chi connectivity index (χ1) is 62.5. The minimum absolute atomic E-state index is 0.00146. The maximum atomic E-state index is 15.3. The number of ether oxygens (including phenoxy) is 17. The topological polar surface area (TPSA) is 702 Å². The molecular formula is C80H141N11O40. The third kappa shape index (κ3) is 42.9.